The molecule has 2 fully saturated rings. The molecule has 0 atom stereocenters. The zero-order chi connectivity index (χ0) is 21.8. The molecule has 5 rings (SSSR count). The first-order chi connectivity index (χ1) is 15.8. The molecule has 170 valence electrons. The minimum atomic E-state index is 0.442. The van der Waals surface area contributed by atoms with Gasteiger partial charge in [-0.05, 0) is 68.8 Å². The third-order valence-electron chi connectivity index (χ3n) is 6.66. The lowest BCUT2D eigenvalue weighted by Gasteiger charge is -2.24. The normalized spacial score (nSPS) is 17.8. The number of likely N-dealkylation sites (tertiary alicyclic amines) is 1. The van der Waals surface area contributed by atoms with Gasteiger partial charge >= 0.3 is 0 Å². The molecule has 2 saturated heterocycles. The number of H-pyrrole nitrogens is 1. The van der Waals surface area contributed by atoms with Crippen LogP contribution in [0.2, 0.25) is 0 Å². The van der Waals surface area contributed by atoms with E-state index in [-0.39, 0.29) is 0 Å². The molecule has 0 aliphatic carbocycles. The topological polar surface area (TPSA) is 72.5 Å². The first kappa shape index (κ1) is 21.2. The van der Waals surface area contributed by atoms with Crippen LogP contribution in [0.15, 0.2) is 30.6 Å². The van der Waals surface area contributed by atoms with Crippen LogP contribution in [0.4, 0.5) is 0 Å². The Morgan fingerprint density at radius 2 is 1.97 bits per heavy atom. The summed E-state index contributed by atoms with van der Waals surface area (Å²) in [6.07, 6.45) is 9.39. The van der Waals surface area contributed by atoms with Crippen molar-refractivity contribution >= 4 is 10.9 Å². The van der Waals surface area contributed by atoms with E-state index in [1.807, 2.05) is 18.5 Å². The Labute approximate surface area is 189 Å². The molecule has 1 aromatic carbocycles. The highest BCUT2D eigenvalue weighted by atomic mass is 16.5. The molecule has 1 N–H and O–H groups in total. The average Bonchev–Trinajstić information content (AvgIpc) is 3.56. The van der Waals surface area contributed by atoms with Gasteiger partial charge in [0.15, 0.2) is 11.5 Å². The summed E-state index contributed by atoms with van der Waals surface area (Å²) in [5.74, 6) is 1.97. The number of pyridine rings is 1. The molecule has 32 heavy (non-hydrogen) atoms. The van der Waals surface area contributed by atoms with Crippen molar-refractivity contribution in [3.8, 4) is 22.8 Å². The van der Waals surface area contributed by atoms with Crippen LogP contribution in [0.5, 0.6) is 11.5 Å². The molecule has 2 aliphatic rings. The van der Waals surface area contributed by atoms with Crippen molar-refractivity contribution in [2.45, 2.75) is 38.0 Å². The number of fused-ring (bicyclic) bond motifs is 1. The van der Waals surface area contributed by atoms with Gasteiger partial charge in [-0.25, -0.2) is 4.98 Å². The summed E-state index contributed by atoms with van der Waals surface area (Å²) in [5.41, 5.74) is 4.15. The average molecular weight is 437 g/mol. The summed E-state index contributed by atoms with van der Waals surface area (Å²) < 4.78 is 17.5. The number of hydrogen-bond acceptors (Lipinski definition) is 6. The molecule has 2 aromatic heterocycles. The summed E-state index contributed by atoms with van der Waals surface area (Å²) in [4.78, 5) is 7.48. The minimum Gasteiger partial charge on any atom is -0.493 e. The van der Waals surface area contributed by atoms with Gasteiger partial charge in [0.2, 0.25) is 0 Å². The highest BCUT2D eigenvalue weighted by Gasteiger charge is 2.22. The SMILES string of the molecule is COc1cc2c(C3CCOCC3)cc(-c3cn[nH]c3)nc2cc1OCCCN1CCCC1. The standard InChI is InChI=1S/C25H32N4O3/c1-30-24-14-21-20(18-5-11-31-12-6-18)13-22(19-16-26-27-17-19)28-23(21)15-25(24)32-10-4-9-29-7-2-3-8-29/h13-18H,2-12H2,1H3,(H,26,27). The van der Waals surface area contributed by atoms with Crippen molar-refractivity contribution in [2.24, 2.45) is 0 Å². The van der Waals surface area contributed by atoms with Crippen LogP contribution in [0.25, 0.3) is 22.2 Å². The van der Waals surface area contributed by atoms with Crippen molar-refractivity contribution in [3.05, 3.63) is 36.2 Å². The Balaban J connectivity index is 1.45. The van der Waals surface area contributed by atoms with E-state index in [0.717, 1.165) is 72.7 Å². The van der Waals surface area contributed by atoms with E-state index in [2.05, 4.69) is 27.2 Å². The number of ether oxygens (including phenoxy) is 3. The second-order valence-corrected chi connectivity index (χ2v) is 8.74. The quantitative estimate of drug-likeness (QED) is 0.528. The predicted octanol–water partition coefficient (Wildman–Crippen LogP) is 4.39. The molecular weight excluding hydrogens is 404 g/mol. The smallest absolute Gasteiger partial charge is 0.163 e. The van der Waals surface area contributed by atoms with E-state index in [9.17, 15) is 0 Å². The lowest BCUT2D eigenvalue weighted by molar-refractivity contribution is 0.0856. The first-order valence-corrected chi connectivity index (χ1v) is 11.8. The Kier molecular flexibility index (Phi) is 6.55. The van der Waals surface area contributed by atoms with E-state index in [1.165, 1.54) is 31.5 Å². The second-order valence-electron chi connectivity index (χ2n) is 8.74. The number of nitrogens with one attached hydrogen (secondary N) is 1. The number of benzene rings is 1. The summed E-state index contributed by atoms with van der Waals surface area (Å²) >= 11 is 0. The van der Waals surface area contributed by atoms with E-state index in [0.29, 0.717) is 12.5 Å². The molecule has 0 bridgehead atoms. The molecule has 7 heteroatoms. The molecule has 0 amide bonds. The van der Waals surface area contributed by atoms with E-state index < -0.39 is 0 Å². The van der Waals surface area contributed by atoms with Gasteiger partial charge in [0, 0.05) is 43.0 Å². The number of methoxy groups -OCH3 is 1. The van der Waals surface area contributed by atoms with E-state index >= 15 is 0 Å². The minimum absolute atomic E-state index is 0.442. The Morgan fingerprint density at radius 1 is 1.12 bits per heavy atom. The second kappa shape index (κ2) is 9.88. The zero-order valence-electron chi connectivity index (χ0n) is 18.8. The molecule has 0 saturated carbocycles. The fourth-order valence-electron chi connectivity index (χ4n) is 4.89. The van der Waals surface area contributed by atoms with Crippen LogP contribution in [-0.2, 0) is 4.74 Å². The number of rotatable bonds is 8. The zero-order valence-corrected chi connectivity index (χ0v) is 18.8. The molecule has 0 unspecified atom stereocenters. The van der Waals surface area contributed by atoms with Crippen molar-refractivity contribution in [1.29, 1.82) is 0 Å². The fourth-order valence-corrected chi connectivity index (χ4v) is 4.89. The maximum absolute atomic E-state index is 6.18. The Bertz CT molecular complexity index is 1030. The third-order valence-corrected chi connectivity index (χ3v) is 6.66. The van der Waals surface area contributed by atoms with Crippen molar-refractivity contribution < 1.29 is 14.2 Å². The molecule has 0 radical (unpaired) electrons. The van der Waals surface area contributed by atoms with Crippen molar-refractivity contribution in [3.63, 3.8) is 0 Å². The van der Waals surface area contributed by atoms with Gasteiger partial charge in [-0.15, -0.1) is 0 Å². The maximum atomic E-state index is 6.18. The van der Waals surface area contributed by atoms with Crippen LogP contribution >= 0.6 is 0 Å². The molecule has 0 spiro atoms. The largest absolute Gasteiger partial charge is 0.493 e. The summed E-state index contributed by atoms with van der Waals surface area (Å²) in [6, 6.07) is 6.34. The van der Waals surface area contributed by atoms with Gasteiger partial charge in [0.1, 0.15) is 0 Å². The van der Waals surface area contributed by atoms with Crippen LogP contribution < -0.4 is 9.47 Å². The highest BCUT2D eigenvalue weighted by Crippen LogP contribution is 2.39. The van der Waals surface area contributed by atoms with Gasteiger partial charge in [-0.2, -0.15) is 5.10 Å². The molecule has 4 heterocycles. The predicted molar refractivity (Wildman–Crippen MR) is 124 cm³/mol. The van der Waals surface area contributed by atoms with E-state index in [4.69, 9.17) is 19.2 Å². The number of nitrogens with zero attached hydrogens (tertiary/aromatic N) is 3. The lowest BCUT2D eigenvalue weighted by atomic mass is 9.88. The van der Waals surface area contributed by atoms with Gasteiger partial charge in [0.25, 0.3) is 0 Å². The summed E-state index contributed by atoms with van der Waals surface area (Å²) in [6.45, 7) is 5.79. The van der Waals surface area contributed by atoms with Crippen molar-refractivity contribution in [2.75, 3.05) is 46.6 Å². The van der Waals surface area contributed by atoms with Gasteiger partial charge in [-0.1, -0.05) is 0 Å². The van der Waals surface area contributed by atoms with Crippen LogP contribution in [0.1, 0.15) is 43.6 Å². The summed E-state index contributed by atoms with van der Waals surface area (Å²) in [7, 11) is 1.71. The van der Waals surface area contributed by atoms with Gasteiger partial charge in [-0.3, -0.25) is 5.10 Å². The Hall–Kier alpha value is -2.64. The lowest BCUT2D eigenvalue weighted by Crippen LogP contribution is -2.21. The first-order valence-electron chi connectivity index (χ1n) is 11.8. The number of aromatic amines is 1. The van der Waals surface area contributed by atoms with Gasteiger partial charge in [0.05, 0.1) is 31.1 Å². The molecule has 3 aromatic rings. The number of aromatic nitrogens is 3. The van der Waals surface area contributed by atoms with E-state index in [1.54, 1.807) is 7.11 Å². The molecule has 2 aliphatic heterocycles. The van der Waals surface area contributed by atoms with Crippen LogP contribution in [-0.4, -0.2) is 66.6 Å². The number of hydrogen-bond donors (Lipinski definition) is 1. The fraction of sp³-hybridized carbons (Fsp3) is 0.520. The van der Waals surface area contributed by atoms with Gasteiger partial charge < -0.3 is 19.1 Å². The van der Waals surface area contributed by atoms with Crippen LogP contribution in [0, 0.1) is 0 Å². The third kappa shape index (κ3) is 4.59. The molecule has 7 nitrogen and oxygen atoms in total. The maximum Gasteiger partial charge on any atom is 0.163 e. The highest BCUT2D eigenvalue weighted by molar-refractivity contribution is 5.88. The Morgan fingerprint density at radius 3 is 2.72 bits per heavy atom. The van der Waals surface area contributed by atoms with Crippen LogP contribution in [0.3, 0.4) is 0 Å². The van der Waals surface area contributed by atoms with Crippen molar-refractivity contribution in [1.82, 2.24) is 20.1 Å². The monoisotopic (exact) mass is 436 g/mol. The molecular formula is C25H32N4O3. The summed E-state index contributed by atoms with van der Waals surface area (Å²) in [5, 5.41) is 8.15.